The second-order valence-electron chi connectivity index (χ2n) is 4.99. The molecule has 108 valence electrons. The fraction of sp³-hybridized carbons (Fsp3) is 0.188. The van der Waals surface area contributed by atoms with Gasteiger partial charge < -0.3 is 10.3 Å². The molecule has 3 nitrogen and oxygen atoms in total. The van der Waals surface area contributed by atoms with E-state index in [1.807, 2.05) is 29.8 Å². The third-order valence-electron chi connectivity index (χ3n) is 3.67. The lowest BCUT2D eigenvalue weighted by atomic mass is 10.1. The summed E-state index contributed by atoms with van der Waals surface area (Å²) in [5.41, 5.74) is 9.03. The first kappa shape index (κ1) is 14.0. The van der Waals surface area contributed by atoms with E-state index in [9.17, 15) is 4.39 Å². The smallest absolute Gasteiger partial charge is 0.128 e. The van der Waals surface area contributed by atoms with Crippen LogP contribution < -0.4 is 5.73 Å². The van der Waals surface area contributed by atoms with Crippen LogP contribution in [0, 0.1) is 5.82 Å². The number of nitrogens with zero attached hydrogens (tertiary/aromatic N) is 2. The van der Waals surface area contributed by atoms with Crippen molar-refractivity contribution in [2.24, 2.45) is 12.8 Å². The van der Waals surface area contributed by atoms with Crippen molar-refractivity contribution >= 4 is 22.6 Å². The number of hydrogen-bond donors (Lipinski definition) is 1. The van der Waals surface area contributed by atoms with Crippen molar-refractivity contribution in [1.82, 2.24) is 9.55 Å². The topological polar surface area (TPSA) is 43.8 Å². The Labute approximate surface area is 127 Å². The molecule has 0 unspecified atom stereocenters. The van der Waals surface area contributed by atoms with E-state index in [1.54, 1.807) is 12.1 Å². The van der Waals surface area contributed by atoms with Crippen molar-refractivity contribution in [3.05, 3.63) is 64.2 Å². The number of rotatable bonds is 3. The van der Waals surface area contributed by atoms with Crippen LogP contribution in [0.25, 0.3) is 11.0 Å². The molecule has 0 aliphatic rings. The fourth-order valence-corrected chi connectivity index (χ4v) is 2.66. The molecule has 0 aliphatic heterocycles. The molecule has 3 rings (SSSR count). The van der Waals surface area contributed by atoms with Gasteiger partial charge >= 0.3 is 0 Å². The van der Waals surface area contributed by atoms with Crippen LogP contribution in [0.5, 0.6) is 0 Å². The molecule has 2 aromatic carbocycles. The van der Waals surface area contributed by atoms with Crippen molar-refractivity contribution in [3.63, 3.8) is 0 Å². The maximum Gasteiger partial charge on any atom is 0.128 e. The minimum atomic E-state index is -0.308. The molecular weight excluding hydrogens is 289 g/mol. The molecule has 0 amide bonds. The Morgan fingerprint density at radius 3 is 2.81 bits per heavy atom. The highest BCUT2D eigenvalue weighted by Gasteiger charge is 2.13. The Hall–Kier alpha value is -1.91. The van der Waals surface area contributed by atoms with Crippen molar-refractivity contribution < 1.29 is 4.39 Å². The minimum Gasteiger partial charge on any atom is -0.331 e. The highest BCUT2D eigenvalue weighted by Crippen LogP contribution is 2.24. The monoisotopic (exact) mass is 303 g/mol. The molecule has 2 N–H and O–H groups in total. The van der Waals surface area contributed by atoms with Crippen LogP contribution in [-0.4, -0.2) is 9.55 Å². The van der Waals surface area contributed by atoms with Gasteiger partial charge in [0.25, 0.3) is 0 Å². The van der Waals surface area contributed by atoms with Gasteiger partial charge in [-0.1, -0.05) is 23.7 Å². The Morgan fingerprint density at radius 1 is 1.29 bits per heavy atom. The predicted octanol–water partition coefficient (Wildman–Crippen LogP) is 3.42. The van der Waals surface area contributed by atoms with E-state index in [0.717, 1.165) is 22.4 Å². The molecule has 0 aliphatic carbocycles. The third kappa shape index (κ3) is 2.52. The lowest BCUT2D eigenvalue weighted by Crippen LogP contribution is -2.02. The second kappa shape index (κ2) is 5.47. The van der Waals surface area contributed by atoms with Gasteiger partial charge in [-0.05, 0) is 29.8 Å². The third-order valence-corrected chi connectivity index (χ3v) is 4.02. The number of halogens is 2. The van der Waals surface area contributed by atoms with Crippen LogP contribution in [-0.2, 0) is 20.0 Å². The molecular formula is C16H15ClFN3. The molecule has 0 atom stereocenters. The fourth-order valence-electron chi connectivity index (χ4n) is 2.43. The van der Waals surface area contributed by atoms with Gasteiger partial charge in [0.2, 0.25) is 0 Å². The van der Waals surface area contributed by atoms with Crippen LogP contribution in [0.2, 0.25) is 5.02 Å². The summed E-state index contributed by atoms with van der Waals surface area (Å²) < 4.78 is 15.9. The van der Waals surface area contributed by atoms with E-state index in [4.69, 9.17) is 17.3 Å². The van der Waals surface area contributed by atoms with Gasteiger partial charge in [0.05, 0.1) is 11.0 Å². The zero-order valence-corrected chi connectivity index (χ0v) is 12.4. The van der Waals surface area contributed by atoms with E-state index in [0.29, 0.717) is 23.6 Å². The molecule has 0 saturated carbocycles. The van der Waals surface area contributed by atoms with Crippen molar-refractivity contribution in [2.45, 2.75) is 13.0 Å². The molecule has 0 radical (unpaired) electrons. The number of benzene rings is 2. The summed E-state index contributed by atoms with van der Waals surface area (Å²) >= 11 is 6.08. The van der Waals surface area contributed by atoms with E-state index in [2.05, 4.69) is 4.98 Å². The van der Waals surface area contributed by atoms with Gasteiger partial charge in [0.15, 0.2) is 0 Å². The number of aryl methyl sites for hydroxylation is 1. The highest BCUT2D eigenvalue weighted by atomic mass is 35.5. The van der Waals surface area contributed by atoms with Gasteiger partial charge in [0.1, 0.15) is 11.6 Å². The van der Waals surface area contributed by atoms with Crippen LogP contribution in [0.1, 0.15) is 17.0 Å². The molecule has 0 fully saturated rings. The summed E-state index contributed by atoms with van der Waals surface area (Å²) in [7, 11) is 1.92. The Morgan fingerprint density at radius 2 is 2.10 bits per heavy atom. The predicted molar refractivity (Wildman–Crippen MR) is 82.8 cm³/mol. The summed E-state index contributed by atoms with van der Waals surface area (Å²) in [6.45, 7) is 0.482. The first-order valence-electron chi connectivity index (χ1n) is 6.67. The molecule has 0 saturated heterocycles. The summed E-state index contributed by atoms with van der Waals surface area (Å²) in [4.78, 5) is 4.56. The molecule has 21 heavy (non-hydrogen) atoms. The largest absolute Gasteiger partial charge is 0.331 e. The normalized spacial score (nSPS) is 11.2. The zero-order chi connectivity index (χ0) is 15.0. The van der Waals surface area contributed by atoms with Gasteiger partial charge in [0, 0.05) is 30.6 Å². The average Bonchev–Trinajstić information content (AvgIpc) is 2.79. The Balaban J connectivity index is 2.07. The summed E-state index contributed by atoms with van der Waals surface area (Å²) in [6, 6.07) is 10.6. The number of nitrogens with two attached hydrogens (primary N) is 1. The summed E-state index contributed by atoms with van der Waals surface area (Å²) in [5, 5.41) is 0.421. The minimum absolute atomic E-state index is 0.308. The van der Waals surface area contributed by atoms with Crippen molar-refractivity contribution in [3.8, 4) is 0 Å². The number of hydrogen-bond acceptors (Lipinski definition) is 2. The van der Waals surface area contributed by atoms with E-state index >= 15 is 0 Å². The first-order chi connectivity index (χ1) is 10.1. The van der Waals surface area contributed by atoms with Crippen LogP contribution in [0.15, 0.2) is 36.4 Å². The van der Waals surface area contributed by atoms with Gasteiger partial charge in [-0.25, -0.2) is 9.37 Å². The first-order valence-corrected chi connectivity index (χ1v) is 7.05. The standard InChI is InChI=1S/C16H15ClFN3/c1-21-15-7-10(9-19)5-6-14(15)20-16(21)8-11-12(17)3-2-4-13(11)18/h2-7H,8-9,19H2,1H3. The summed E-state index contributed by atoms with van der Waals surface area (Å²) in [5.74, 6) is 0.461. The quantitative estimate of drug-likeness (QED) is 0.806. The maximum absolute atomic E-state index is 13.9. The number of fused-ring (bicyclic) bond motifs is 1. The van der Waals surface area contributed by atoms with Crippen LogP contribution >= 0.6 is 11.6 Å². The Kier molecular flexibility index (Phi) is 3.66. The van der Waals surface area contributed by atoms with Crippen molar-refractivity contribution in [2.75, 3.05) is 0 Å². The molecule has 0 spiro atoms. The molecule has 1 aromatic heterocycles. The van der Waals surface area contributed by atoms with Gasteiger partial charge in [-0.2, -0.15) is 0 Å². The van der Waals surface area contributed by atoms with E-state index < -0.39 is 0 Å². The number of aromatic nitrogens is 2. The SMILES string of the molecule is Cn1c(Cc2c(F)cccc2Cl)nc2ccc(CN)cc21. The van der Waals surface area contributed by atoms with Gasteiger partial charge in [-0.3, -0.25) is 0 Å². The Bertz CT molecular complexity index is 790. The summed E-state index contributed by atoms with van der Waals surface area (Å²) in [6.07, 6.45) is 0.356. The molecule has 0 bridgehead atoms. The molecule has 5 heteroatoms. The average molecular weight is 304 g/mol. The molecule has 3 aromatic rings. The zero-order valence-electron chi connectivity index (χ0n) is 11.6. The molecule has 1 heterocycles. The lowest BCUT2D eigenvalue weighted by Gasteiger charge is -2.06. The van der Waals surface area contributed by atoms with Gasteiger partial charge in [-0.15, -0.1) is 0 Å². The number of imidazole rings is 1. The van der Waals surface area contributed by atoms with E-state index in [1.165, 1.54) is 6.07 Å². The second-order valence-corrected chi connectivity index (χ2v) is 5.40. The lowest BCUT2D eigenvalue weighted by molar-refractivity contribution is 0.611. The van der Waals surface area contributed by atoms with Crippen LogP contribution in [0.4, 0.5) is 4.39 Å². The maximum atomic E-state index is 13.9. The van der Waals surface area contributed by atoms with Crippen molar-refractivity contribution in [1.29, 1.82) is 0 Å². The highest BCUT2D eigenvalue weighted by molar-refractivity contribution is 6.31. The van der Waals surface area contributed by atoms with Crippen LogP contribution in [0.3, 0.4) is 0 Å². The van der Waals surface area contributed by atoms with E-state index in [-0.39, 0.29) is 5.82 Å².